The monoisotopic (exact) mass is 312 g/mol. The number of anilines is 1. The standard InChI is InChI=1S/C17H16N2O4/c1-3-18-15-12(16(20)22-4-2)9-11-14(19-15)10-7-5-6-8-13(10)23-17(11)21/h5-9H,3-4H2,1-2H3,(H,18,19). The molecule has 1 aromatic carbocycles. The number of carbonyl (C=O) groups excluding carboxylic acids is 1. The summed E-state index contributed by atoms with van der Waals surface area (Å²) in [5, 5.41) is 4.02. The fourth-order valence-electron chi connectivity index (χ4n) is 2.45. The molecule has 0 aliphatic rings. The van der Waals surface area contributed by atoms with Gasteiger partial charge in [-0.2, -0.15) is 0 Å². The first kappa shape index (κ1) is 15.0. The number of nitrogens with one attached hydrogen (secondary N) is 1. The molecule has 0 aliphatic heterocycles. The summed E-state index contributed by atoms with van der Waals surface area (Å²) in [5.41, 5.74) is 0.660. The number of para-hydroxylation sites is 1. The van der Waals surface area contributed by atoms with Crippen molar-refractivity contribution in [3.8, 4) is 0 Å². The molecule has 3 rings (SSSR count). The first-order valence-corrected chi connectivity index (χ1v) is 7.43. The highest BCUT2D eigenvalue weighted by molar-refractivity contribution is 6.06. The lowest BCUT2D eigenvalue weighted by Crippen LogP contribution is -2.13. The first-order chi connectivity index (χ1) is 11.2. The van der Waals surface area contributed by atoms with Gasteiger partial charge in [0, 0.05) is 11.9 Å². The first-order valence-electron chi connectivity index (χ1n) is 7.43. The molecule has 3 aromatic rings. The average Bonchev–Trinajstić information content (AvgIpc) is 2.55. The van der Waals surface area contributed by atoms with E-state index in [4.69, 9.17) is 9.15 Å². The van der Waals surface area contributed by atoms with Gasteiger partial charge in [-0.25, -0.2) is 14.6 Å². The molecular formula is C17H16N2O4. The van der Waals surface area contributed by atoms with Gasteiger partial charge in [0.1, 0.15) is 17.0 Å². The minimum atomic E-state index is -0.528. The van der Waals surface area contributed by atoms with Gasteiger partial charge in [-0.3, -0.25) is 0 Å². The number of nitrogens with zero attached hydrogens (tertiary/aromatic N) is 1. The number of pyridine rings is 1. The molecule has 0 bridgehead atoms. The van der Waals surface area contributed by atoms with E-state index in [1.165, 1.54) is 6.07 Å². The third kappa shape index (κ3) is 2.63. The number of carbonyl (C=O) groups is 1. The highest BCUT2D eigenvalue weighted by Crippen LogP contribution is 2.25. The smallest absolute Gasteiger partial charge is 0.345 e. The number of aromatic nitrogens is 1. The van der Waals surface area contributed by atoms with Crippen molar-refractivity contribution in [2.24, 2.45) is 0 Å². The molecule has 6 nitrogen and oxygen atoms in total. The maximum absolute atomic E-state index is 12.2. The summed E-state index contributed by atoms with van der Waals surface area (Å²) in [6, 6.07) is 8.65. The summed E-state index contributed by atoms with van der Waals surface area (Å²) >= 11 is 0. The van der Waals surface area contributed by atoms with E-state index in [2.05, 4.69) is 10.3 Å². The molecule has 0 saturated heterocycles. The van der Waals surface area contributed by atoms with Crippen LogP contribution in [0.4, 0.5) is 5.82 Å². The SMILES string of the molecule is CCNc1nc2c(cc1C(=O)OCC)c(=O)oc1ccccc12. The van der Waals surface area contributed by atoms with E-state index in [0.29, 0.717) is 23.5 Å². The summed E-state index contributed by atoms with van der Waals surface area (Å²) in [6.07, 6.45) is 0. The van der Waals surface area contributed by atoms with Crippen molar-refractivity contribution in [2.45, 2.75) is 13.8 Å². The molecule has 0 atom stereocenters. The van der Waals surface area contributed by atoms with Gasteiger partial charge >= 0.3 is 11.6 Å². The van der Waals surface area contributed by atoms with E-state index in [0.717, 1.165) is 5.39 Å². The van der Waals surface area contributed by atoms with Crippen molar-refractivity contribution in [3.05, 3.63) is 46.3 Å². The van der Waals surface area contributed by atoms with Gasteiger partial charge in [-0.15, -0.1) is 0 Å². The van der Waals surface area contributed by atoms with Crippen LogP contribution in [0.15, 0.2) is 39.5 Å². The Morgan fingerprint density at radius 1 is 1.26 bits per heavy atom. The molecule has 0 radical (unpaired) electrons. The van der Waals surface area contributed by atoms with Gasteiger partial charge in [0.25, 0.3) is 0 Å². The van der Waals surface area contributed by atoms with Crippen molar-refractivity contribution in [2.75, 3.05) is 18.5 Å². The summed E-state index contributed by atoms with van der Waals surface area (Å²) < 4.78 is 10.3. The maximum atomic E-state index is 12.2. The highest BCUT2D eigenvalue weighted by Gasteiger charge is 2.18. The molecule has 2 aromatic heterocycles. The molecule has 0 fully saturated rings. The summed E-state index contributed by atoms with van der Waals surface area (Å²) in [6.45, 7) is 4.46. The van der Waals surface area contributed by atoms with Crippen molar-refractivity contribution in [3.63, 3.8) is 0 Å². The molecule has 2 heterocycles. The van der Waals surface area contributed by atoms with Crippen LogP contribution in [0, 0.1) is 0 Å². The molecular weight excluding hydrogens is 296 g/mol. The van der Waals surface area contributed by atoms with Crippen LogP contribution in [-0.4, -0.2) is 24.1 Å². The number of hydrogen-bond acceptors (Lipinski definition) is 6. The lowest BCUT2D eigenvalue weighted by Gasteiger charge is -2.11. The Labute approximate surface area is 132 Å². The predicted molar refractivity (Wildman–Crippen MR) is 87.9 cm³/mol. The molecule has 0 amide bonds. The van der Waals surface area contributed by atoms with Crippen LogP contribution in [0.25, 0.3) is 21.9 Å². The van der Waals surface area contributed by atoms with Gasteiger partial charge in [-0.1, -0.05) is 12.1 Å². The molecule has 0 saturated carbocycles. The molecule has 118 valence electrons. The van der Waals surface area contributed by atoms with Gasteiger partial charge in [0.15, 0.2) is 0 Å². The number of rotatable bonds is 4. The predicted octanol–water partition coefficient (Wildman–Crippen LogP) is 2.95. The van der Waals surface area contributed by atoms with Gasteiger partial charge < -0.3 is 14.5 Å². The minimum Gasteiger partial charge on any atom is -0.462 e. The zero-order valence-corrected chi connectivity index (χ0v) is 12.9. The van der Waals surface area contributed by atoms with Crippen LogP contribution in [-0.2, 0) is 4.74 Å². The highest BCUT2D eigenvalue weighted by atomic mass is 16.5. The number of fused-ring (bicyclic) bond motifs is 3. The Kier molecular flexibility index (Phi) is 3.97. The fourth-order valence-corrected chi connectivity index (χ4v) is 2.45. The van der Waals surface area contributed by atoms with Gasteiger partial charge in [0.2, 0.25) is 0 Å². The molecule has 0 spiro atoms. The van der Waals surface area contributed by atoms with E-state index in [9.17, 15) is 9.59 Å². The van der Waals surface area contributed by atoms with Crippen LogP contribution in [0.1, 0.15) is 24.2 Å². The van der Waals surface area contributed by atoms with Crippen molar-refractivity contribution in [1.29, 1.82) is 0 Å². The van der Waals surface area contributed by atoms with E-state index < -0.39 is 11.6 Å². The lowest BCUT2D eigenvalue weighted by molar-refractivity contribution is 0.0527. The minimum absolute atomic E-state index is 0.226. The molecule has 0 unspecified atom stereocenters. The van der Waals surface area contributed by atoms with E-state index in [-0.39, 0.29) is 17.6 Å². The molecule has 0 aliphatic carbocycles. The average molecular weight is 312 g/mol. The van der Waals surface area contributed by atoms with Crippen molar-refractivity contribution >= 4 is 33.7 Å². The normalized spacial score (nSPS) is 10.9. The molecule has 6 heteroatoms. The lowest BCUT2D eigenvalue weighted by atomic mass is 10.1. The van der Waals surface area contributed by atoms with Crippen molar-refractivity contribution in [1.82, 2.24) is 4.98 Å². The van der Waals surface area contributed by atoms with Gasteiger partial charge in [0.05, 0.1) is 17.5 Å². The van der Waals surface area contributed by atoms with Crippen LogP contribution in [0.3, 0.4) is 0 Å². The molecule has 23 heavy (non-hydrogen) atoms. The Hall–Kier alpha value is -2.89. The summed E-state index contributed by atoms with van der Waals surface area (Å²) in [7, 11) is 0. The van der Waals surface area contributed by atoms with Crippen LogP contribution < -0.4 is 10.9 Å². The fraction of sp³-hybridized carbons (Fsp3) is 0.235. The maximum Gasteiger partial charge on any atom is 0.345 e. The quantitative estimate of drug-likeness (QED) is 0.453. The Morgan fingerprint density at radius 2 is 2.04 bits per heavy atom. The Balaban J connectivity index is 2.36. The second kappa shape index (κ2) is 6.08. The number of benzene rings is 1. The largest absolute Gasteiger partial charge is 0.462 e. The third-order valence-corrected chi connectivity index (χ3v) is 3.43. The van der Waals surface area contributed by atoms with Crippen molar-refractivity contribution < 1.29 is 13.9 Å². The third-order valence-electron chi connectivity index (χ3n) is 3.43. The second-order valence-electron chi connectivity index (χ2n) is 4.92. The van der Waals surface area contributed by atoms with E-state index >= 15 is 0 Å². The Bertz CT molecular complexity index is 946. The summed E-state index contributed by atoms with van der Waals surface area (Å²) in [4.78, 5) is 28.8. The van der Waals surface area contributed by atoms with E-state index in [1.54, 1.807) is 19.1 Å². The number of esters is 1. The molecule has 1 N–H and O–H groups in total. The van der Waals surface area contributed by atoms with Crippen LogP contribution in [0.5, 0.6) is 0 Å². The Morgan fingerprint density at radius 3 is 2.78 bits per heavy atom. The second-order valence-corrected chi connectivity index (χ2v) is 4.92. The number of hydrogen-bond donors (Lipinski definition) is 1. The van der Waals surface area contributed by atoms with Crippen LogP contribution >= 0.6 is 0 Å². The summed E-state index contributed by atoms with van der Waals surface area (Å²) in [5.74, 6) is -0.125. The number of ether oxygens (including phenoxy) is 1. The van der Waals surface area contributed by atoms with E-state index in [1.807, 2.05) is 19.1 Å². The van der Waals surface area contributed by atoms with Gasteiger partial charge in [-0.05, 0) is 32.0 Å². The zero-order chi connectivity index (χ0) is 16.4. The topological polar surface area (TPSA) is 81.4 Å². The zero-order valence-electron chi connectivity index (χ0n) is 12.9. The van der Waals surface area contributed by atoms with Crippen LogP contribution in [0.2, 0.25) is 0 Å².